The van der Waals surface area contributed by atoms with Crippen LogP contribution in [0.15, 0.2) is 0 Å². The van der Waals surface area contributed by atoms with Crippen molar-refractivity contribution in [1.29, 1.82) is 0 Å². The molecule has 0 saturated carbocycles. The van der Waals surface area contributed by atoms with E-state index in [1.165, 1.54) is 244 Å². The number of rotatable bonds is 52. The van der Waals surface area contributed by atoms with Crippen molar-refractivity contribution in [2.75, 3.05) is 46.9 Å². The second-order valence-corrected chi connectivity index (χ2v) is 20.7. The van der Waals surface area contributed by atoms with Gasteiger partial charge in [0.1, 0.15) is 0 Å². The Morgan fingerprint density at radius 2 is 0.641 bits per heavy atom. The highest BCUT2D eigenvalue weighted by Gasteiger charge is 2.19. The predicted molar refractivity (Wildman–Crippen MR) is 280 cm³/mol. The second kappa shape index (κ2) is 49.8. The van der Waals surface area contributed by atoms with Crippen LogP contribution < -0.4 is 0 Å². The molecule has 6 heteroatoms. The third-order valence-electron chi connectivity index (χ3n) is 14.0. The maximum absolute atomic E-state index is 12.6. The summed E-state index contributed by atoms with van der Waals surface area (Å²) < 4.78 is 11.6. The van der Waals surface area contributed by atoms with Gasteiger partial charge in [-0.15, -0.1) is 0 Å². The lowest BCUT2D eigenvalue weighted by atomic mass is 9.96. The number of ether oxygens (including phenoxy) is 2. The Hall–Kier alpha value is -1.14. The van der Waals surface area contributed by atoms with Gasteiger partial charge in [-0.05, 0) is 116 Å². The van der Waals surface area contributed by atoms with E-state index in [2.05, 4.69) is 58.5 Å². The van der Waals surface area contributed by atoms with Crippen molar-refractivity contribution < 1.29 is 19.1 Å². The van der Waals surface area contributed by atoms with Gasteiger partial charge in [0.2, 0.25) is 0 Å². The topological polar surface area (TPSA) is 59.1 Å². The minimum Gasteiger partial charge on any atom is -0.465 e. The quantitative estimate of drug-likeness (QED) is 0.0448. The number of carbonyl (C=O) groups excluding carboxylic acids is 2. The fraction of sp³-hybridized carbons (Fsp3) is 0.966. The zero-order valence-electron chi connectivity index (χ0n) is 44.8. The van der Waals surface area contributed by atoms with Crippen LogP contribution in [0.25, 0.3) is 0 Å². The summed E-state index contributed by atoms with van der Waals surface area (Å²) in [5, 5.41) is 0. The van der Waals surface area contributed by atoms with Gasteiger partial charge < -0.3 is 19.3 Å². The Bertz CT molecular complexity index is 903. The molecule has 0 N–H and O–H groups in total. The maximum Gasteiger partial charge on any atom is 0.305 e. The van der Waals surface area contributed by atoms with Crippen LogP contribution in [-0.2, 0) is 19.1 Å². The molecule has 0 aromatic heterocycles. The van der Waals surface area contributed by atoms with Gasteiger partial charge in [0.25, 0.3) is 0 Å². The molecule has 2 unspecified atom stereocenters. The summed E-state index contributed by atoms with van der Waals surface area (Å²) in [5.41, 5.74) is 0. The highest BCUT2D eigenvalue weighted by atomic mass is 16.5. The SMILES string of the molecule is CCCCCCCCCN(CCCCN(C)C)C(CCCCCCCCC(=O)OCC(CCCC)CCCCCC)CCCCCCCCC(=O)OCC(CCCC)CCCCCC. The fourth-order valence-electron chi connectivity index (χ4n) is 9.61. The number of unbranched alkanes of at least 4 members (excludes halogenated alkanes) is 25. The van der Waals surface area contributed by atoms with E-state index in [0.29, 0.717) is 43.9 Å². The smallest absolute Gasteiger partial charge is 0.305 e. The minimum atomic E-state index is 0.0269. The van der Waals surface area contributed by atoms with E-state index in [4.69, 9.17) is 9.47 Å². The monoisotopic (exact) mass is 905 g/mol. The lowest BCUT2D eigenvalue weighted by molar-refractivity contribution is -0.146. The first kappa shape index (κ1) is 62.9. The van der Waals surface area contributed by atoms with Gasteiger partial charge in [-0.2, -0.15) is 0 Å². The average Bonchev–Trinajstić information content (AvgIpc) is 3.29. The molecule has 0 fully saturated rings. The molecule has 0 aliphatic carbocycles. The third kappa shape index (κ3) is 43.4. The van der Waals surface area contributed by atoms with E-state index >= 15 is 0 Å². The van der Waals surface area contributed by atoms with Gasteiger partial charge in [-0.25, -0.2) is 0 Å². The molecule has 0 amide bonds. The van der Waals surface area contributed by atoms with Crippen LogP contribution in [0.2, 0.25) is 0 Å². The van der Waals surface area contributed by atoms with Gasteiger partial charge in [-0.3, -0.25) is 9.59 Å². The van der Waals surface area contributed by atoms with Crippen LogP contribution in [0.3, 0.4) is 0 Å². The molecule has 382 valence electrons. The van der Waals surface area contributed by atoms with Crippen LogP contribution in [0.4, 0.5) is 0 Å². The summed E-state index contributed by atoms with van der Waals surface area (Å²) in [5.74, 6) is 1.15. The van der Waals surface area contributed by atoms with E-state index in [-0.39, 0.29) is 11.9 Å². The highest BCUT2D eigenvalue weighted by molar-refractivity contribution is 5.69. The van der Waals surface area contributed by atoms with Crippen molar-refractivity contribution in [1.82, 2.24) is 9.80 Å². The molecular weight excluding hydrogens is 789 g/mol. The van der Waals surface area contributed by atoms with Crippen molar-refractivity contribution in [3.63, 3.8) is 0 Å². The van der Waals surface area contributed by atoms with Crippen LogP contribution in [0.1, 0.15) is 298 Å². The van der Waals surface area contributed by atoms with E-state index in [9.17, 15) is 9.59 Å². The molecule has 6 nitrogen and oxygen atoms in total. The van der Waals surface area contributed by atoms with Crippen molar-refractivity contribution in [2.45, 2.75) is 304 Å². The average molecular weight is 906 g/mol. The zero-order chi connectivity index (χ0) is 47.0. The summed E-state index contributed by atoms with van der Waals surface area (Å²) in [6, 6.07) is 0.699. The standard InChI is InChI=1S/C58H116N2O4/c1-8-13-18-21-26-31-38-50-60(51-40-39-49-59(6)7)56(45-34-27-22-24-29-36-47-57(61)63-52-54(41-16-11-4)43-32-19-14-9-2)46-35-28-23-25-30-37-48-58(62)64-53-55(42-17-12-5)44-33-20-15-10-3/h54-56H,8-53H2,1-7H3. The maximum atomic E-state index is 12.6. The number of carbonyl (C=O) groups is 2. The molecule has 0 aliphatic heterocycles. The van der Waals surface area contributed by atoms with E-state index in [0.717, 1.165) is 25.7 Å². The predicted octanol–water partition coefficient (Wildman–Crippen LogP) is 17.6. The molecule has 0 aromatic rings. The van der Waals surface area contributed by atoms with Crippen LogP contribution in [0.5, 0.6) is 0 Å². The molecule has 0 spiro atoms. The first-order valence-electron chi connectivity index (χ1n) is 29.0. The Kier molecular flexibility index (Phi) is 48.9. The van der Waals surface area contributed by atoms with E-state index < -0.39 is 0 Å². The summed E-state index contributed by atoms with van der Waals surface area (Å²) in [7, 11) is 4.41. The van der Waals surface area contributed by atoms with Crippen molar-refractivity contribution in [2.24, 2.45) is 11.8 Å². The highest BCUT2D eigenvalue weighted by Crippen LogP contribution is 2.23. The normalized spacial score (nSPS) is 13.2. The zero-order valence-corrected chi connectivity index (χ0v) is 44.8. The summed E-state index contributed by atoms with van der Waals surface area (Å²) >= 11 is 0. The van der Waals surface area contributed by atoms with Crippen molar-refractivity contribution in [3.05, 3.63) is 0 Å². The number of hydrogen-bond donors (Lipinski definition) is 0. The number of nitrogens with zero attached hydrogens (tertiary/aromatic N) is 2. The molecule has 0 aliphatic rings. The van der Waals surface area contributed by atoms with Crippen molar-refractivity contribution >= 4 is 11.9 Å². The van der Waals surface area contributed by atoms with Gasteiger partial charge in [0.15, 0.2) is 0 Å². The molecule has 0 radical (unpaired) electrons. The number of esters is 2. The number of hydrogen-bond acceptors (Lipinski definition) is 6. The Morgan fingerprint density at radius 1 is 0.344 bits per heavy atom. The molecule has 64 heavy (non-hydrogen) atoms. The molecule has 2 atom stereocenters. The Labute approximate surface area is 402 Å². The summed E-state index contributed by atoms with van der Waals surface area (Å²) in [4.78, 5) is 30.5. The Morgan fingerprint density at radius 3 is 1.05 bits per heavy atom. The lowest BCUT2D eigenvalue weighted by Crippen LogP contribution is -2.37. The Balaban J connectivity index is 4.89. The van der Waals surface area contributed by atoms with Crippen LogP contribution >= 0.6 is 0 Å². The van der Waals surface area contributed by atoms with Gasteiger partial charge >= 0.3 is 11.9 Å². The van der Waals surface area contributed by atoms with Gasteiger partial charge in [0.05, 0.1) is 13.2 Å². The van der Waals surface area contributed by atoms with Gasteiger partial charge in [0, 0.05) is 18.9 Å². The van der Waals surface area contributed by atoms with E-state index in [1.807, 2.05) is 0 Å². The molecule has 0 saturated heterocycles. The molecule has 0 aromatic carbocycles. The minimum absolute atomic E-state index is 0.0269. The van der Waals surface area contributed by atoms with Crippen LogP contribution in [-0.4, -0.2) is 74.7 Å². The molecule has 0 rings (SSSR count). The van der Waals surface area contributed by atoms with Gasteiger partial charge in [-0.1, -0.05) is 214 Å². The summed E-state index contributed by atoms with van der Waals surface area (Å²) in [6.45, 7) is 16.3. The fourth-order valence-corrected chi connectivity index (χ4v) is 9.61. The first-order chi connectivity index (χ1) is 31.3. The van der Waals surface area contributed by atoms with Crippen molar-refractivity contribution in [3.8, 4) is 0 Å². The third-order valence-corrected chi connectivity index (χ3v) is 14.0. The lowest BCUT2D eigenvalue weighted by Gasteiger charge is -2.32. The van der Waals surface area contributed by atoms with Crippen LogP contribution in [0, 0.1) is 11.8 Å². The summed E-state index contributed by atoms with van der Waals surface area (Å²) in [6.07, 6.45) is 50.7. The van der Waals surface area contributed by atoms with E-state index in [1.54, 1.807) is 0 Å². The largest absolute Gasteiger partial charge is 0.465 e. The molecule has 0 bridgehead atoms. The molecular formula is C58H116N2O4. The first-order valence-corrected chi connectivity index (χ1v) is 29.0. The second-order valence-electron chi connectivity index (χ2n) is 20.7. The molecule has 0 heterocycles.